The van der Waals surface area contributed by atoms with Crippen molar-refractivity contribution in [3.05, 3.63) is 17.0 Å². The lowest BCUT2D eigenvalue weighted by molar-refractivity contribution is 0.0779. The second-order valence-electron chi connectivity index (χ2n) is 5.09. The smallest absolute Gasteiger partial charge is 0.259 e. The summed E-state index contributed by atoms with van der Waals surface area (Å²) in [6, 6.07) is 0. The zero-order valence-electron chi connectivity index (χ0n) is 10.6. The molecule has 0 bridgehead atoms. The van der Waals surface area contributed by atoms with Crippen LogP contribution in [0.25, 0.3) is 0 Å². The summed E-state index contributed by atoms with van der Waals surface area (Å²) in [4.78, 5) is 14.3. The van der Waals surface area contributed by atoms with Crippen LogP contribution in [-0.2, 0) is 0 Å². The molecule has 2 saturated heterocycles. The van der Waals surface area contributed by atoms with E-state index in [0.717, 1.165) is 26.2 Å². The second-order valence-corrected chi connectivity index (χ2v) is 5.09. The normalized spacial score (nSPS) is 26.0. The lowest BCUT2D eigenvalue weighted by Crippen LogP contribution is -2.32. The van der Waals surface area contributed by atoms with E-state index < -0.39 is 0 Å². The summed E-state index contributed by atoms with van der Waals surface area (Å²) < 4.78 is 5.06. The van der Waals surface area contributed by atoms with E-state index in [1.54, 1.807) is 6.92 Å². The van der Waals surface area contributed by atoms with Crippen LogP contribution in [0.2, 0.25) is 0 Å². The molecule has 2 aliphatic heterocycles. The molecule has 100 valence electrons. The fourth-order valence-corrected chi connectivity index (χ4v) is 2.97. The van der Waals surface area contributed by atoms with Crippen molar-refractivity contribution in [2.75, 3.05) is 26.2 Å². The topological polar surface area (TPSA) is 58.4 Å². The summed E-state index contributed by atoms with van der Waals surface area (Å²) >= 11 is 0. The maximum atomic E-state index is 12.4. The molecule has 5 nitrogen and oxygen atoms in total. The van der Waals surface area contributed by atoms with Crippen molar-refractivity contribution in [3.63, 3.8) is 0 Å². The van der Waals surface area contributed by atoms with Gasteiger partial charge in [-0.1, -0.05) is 5.16 Å². The number of rotatable bonds is 1. The van der Waals surface area contributed by atoms with Gasteiger partial charge in [0.2, 0.25) is 0 Å². The third-order valence-corrected chi connectivity index (χ3v) is 3.92. The van der Waals surface area contributed by atoms with Crippen molar-refractivity contribution in [2.45, 2.75) is 13.8 Å². The number of aryl methyl sites for hydroxylation is 2. The zero-order valence-corrected chi connectivity index (χ0v) is 11.4. The van der Waals surface area contributed by atoms with Crippen molar-refractivity contribution in [1.29, 1.82) is 0 Å². The first-order chi connectivity index (χ1) is 8.16. The Morgan fingerprint density at radius 2 is 1.94 bits per heavy atom. The number of carbonyl (C=O) groups is 1. The fraction of sp³-hybridized carbons (Fsp3) is 0.667. The van der Waals surface area contributed by atoms with Crippen LogP contribution in [0.4, 0.5) is 0 Å². The van der Waals surface area contributed by atoms with Gasteiger partial charge in [-0.05, 0) is 25.7 Å². The molecular weight excluding hydrogens is 254 g/mol. The first-order valence-corrected chi connectivity index (χ1v) is 6.09. The number of likely N-dealkylation sites (tertiary alicyclic amines) is 1. The minimum atomic E-state index is 0. The summed E-state index contributed by atoms with van der Waals surface area (Å²) in [6.07, 6.45) is 0. The van der Waals surface area contributed by atoms with Crippen LogP contribution < -0.4 is 5.32 Å². The Balaban J connectivity index is 0.00000120. The standard InChI is InChI=1S/C12H17N3O2.ClH/c1-7-11(8(2)17-14-7)12(16)15-5-9-3-13-4-10(9)6-15;/h9-10,13H,3-6H2,1-2H3;1H/t9-,10+;. The Hall–Kier alpha value is -1.07. The van der Waals surface area contributed by atoms with Gasteiger partial charge < -0.3 is 14.7 Å². The Kier molecular flexibility index (Phi) is 3.64. The Labute approximate surface area is 112 Å². The molecule has 0 unspecified atom stereocenters. The molecule has 18 heavy (non-hydrogen) atoms. The van der Waals surface area contributed by atoms with Crippen LogP contribution in [-0.4, -0.2) is 42.1 Å². The molecule has 3 heterocycles. The zero-order chi connectivity index (χ0) is 12.0. The highest BCUT2D eigenvalue weighted by molar-refractivity contribution is 5.96. The molecule has 1 N–H and O–H groups in total. The van der Waals surface area contributed by atoms with Gasteiger partial charge in [0.15, 0.2) is 0 Å². The summed E-state index contributed by atoms with van der Waals surface area (Å²) in [6.45, 7) is 7.42. The van der Waals surface area contributed by atoms with E-state index in [2.05, 4.69) is 10.5 Å². The number of halogens is 1. The molecule has 1 amide bonds. The largest absolute Gasteiger partial charge is 0.361 e. The molecule has 1 aromatic heterocycles. The van der Waals surface area contributed by atoms with E-state index in [4.69, 9.17) is 4.52 Å². The lowest BCUT2D eigenvalue weighted by Gasteiger charge is -2.17. The van der Waals surface area contributed by atoms with Gasteiger partial charge in [0.05, 0.1) is 5.69 Å². The maximum absolute atomic E-state index is 12.4. The van der Waals surface area contributed by atoms with E-state index in [9.17, 15) is 4.79 Å². The average molecular weight is 272 g/mol. The van der Waals surface area contributed by atoms with Crippen molar-refractivity contribution in [2.24, 2.45) is 11.8 Å². The Morgan fingerprint density at radius 1 is 1.33 bits per heavy atom. The average Bonchev–Trinajstić information content (AvgIpc) is 2.92. The molecule has 6 heteroatoms. The predicted molar refractivity (Wildman–Crippen MR) is 69.0 cm³/mol. The molecule has 0 aliphatic carbocycles. The van der Waals surface area contributed by atoms with Gasteiger partial charge >= 0.3 is 0 Å². The molecule has 1 aromatic rings. The molecule has 2 aliphatic rings. The first-order valence-electron chi connectivity index (χ1n) is 6.09. The minimum absolute atomic E-state index is 0. The van der Waals surface area contributed by atoms with Crippen LogP contribution in [0.1, 0.15) is 21.8 Å². The summed E-state index contributed by atoms with van der Waals surface area (Å²) in [5, 5.41) is 7.22. The third kappa shape index (κ3) is 2.01. The molecular formula is C12H18ClN3O2. The Bertz CT molecular complexity index is 429. The molecule has 2 atom stereocenters. The predicted octanol–water partition coefficient (Wildman–Crippen LogP) is 1.00. The molecule has 0 saturated carbocycles. The lowest BCUT2D eigenvalue weighted by atomic mass is 10.0. The highest BCUT2D eigenvalue weighted by atomic mass is 35.5. The fourth-order valence-electron chi connectivity index (χ4n) is 2.97. The molecule has 2 fully saturated rings. The van der Waals surface area contributed by atoms with Gasteiger partial charge in [0.25, 0.3) is 5.91 Å². The van der Waals surface area contributed by atoms with Gasteiger partial charge in [-0.25, -0.2) is 0 Å². The summed E-state index contributed by atoms with van der Waals surface area (Å²) in [5.74, 6) is 1.96. The van der Waals surface area contributed by atoms with Gasteiger partial charge in [0.1, 0.15) is 11.3 Å². The SMILES string of the molecule is Cc1noc(C)c1C(=O)N1C[C@H]2CNC[C@H]2C1.Cl. The Morgan fingerprint density at radius 3 is 2.44 bits per heavy atom. The number of aromatic nitrogens is 1. The summed E-state index contributed by atoms with van der Waals surface area (Å²) in [7, 11) is 0. The minimum Gasteiger partial charge on any atom is -0.361 e. The number of nitrogens with zero attached hydrogens (tertiary/aromatic N) is 2. The van der Waals surface area contributed by atoms with E-state index in [-0.39, 0.29) is 18.3 Å². The number of hydrogen-bond donors (Lipinski definition) is 1. The van der Waals surface area contributed by atoms with E-state index in [1.807, 2.05) is 11.8 Å². The molecule has 0 aromatic carbocycles. The second kappa shape index (κ2) is 4.90. The maximum Gasteiger partial charge on any atom is 0.259 e. The number of hydrogen-bond acceptors (Lipinski definition) is 4. The van der Waals surface area contributed by atoms with Gasteiger partial charge in [0, 0.05) is 26.2 Å². The van der Waals surface area contributed by atoms with Crippen molar-refractivity contribution < 1.29 is 9.32 Å². The van der Waals surface area contributed by atoms with E-state index >= 15 is 0 Å². The van der Waals surface area contributed by atoms with Gasteiger partial charge in [-0.2, -0.15) is 0 Å². The number of carbonyl (C=O) groups excluding carboxylic acids is 1. The van der Waals surface area contributed by atoms with Crippen LogP contribution in [0.15, 0.2) is 4.52 Å². The molecule has 0 radical (unpaired) electrons. The van der Waals surface area contributed by atoms with Crippen molar-refractivity contribution in [1.82, 2.24) is 15.4 Å². The number of amides is 1. The van der Waals surface area contributed by atoms with Crippen LogP contribution in [0, 0.1) is 25.7 Å². The molecule has 0 spiro atoms. The molecule has 3 rings (SSSR count). The van der Waals surface area contributed by atoms with Crippen molar-refractivity contribution >= 4 is 18.3 Å². The third-order valence-electron chi connectivity index (χ3n) is 3.92. The quantitative estimate of drug-likeness (QED) is 0.828. The van der Waals surface area contributed by atoms with Gasteiger partial charge in [-0.3, -0.25) is 4.79 Å². The highest BCUT2D eigenvalue weighted by Crippen LogP contribution is 2.28. The monoisotopic (exact) mass is 271 g/mol. The highest BCUT2D eigenvalue weighted by Gasteiger charge is 2.39. The van der Waals surface area contributed by atoms with Crippen LogP contribution in [0.5, 0.6) is 0 Å². The number of fused-ring (bicyclic) bond motifs is 1. The van der Waals surface area contributed by atoms with Crippen LogP contribution >= 0.6 is 12.4 Å². The first kappa shape index (κ1) is 13.4. The summed E-state index contributed by atoms with van der Waals surface area (Å²) in [5.41, 5.74) is 1.35. The van der Waals surface area contributed by atoms with Crippen molar-refractivity contribution in [3.8, 4) is 0 Å². The van der Waals surface area contributed by atoms with E-state index in [1.165, 1.54) is 0 Å². The van der Waals surface area contributed by atoms with E-state index in [0.29, 0.717) is 28.9 Å². The van der Waals surface area contributed by atoms with Crippen LogP contribution in [0.3, 0.4) is 0 Å². The van der Waals surface area contributed by atoms with Gasteiger partial charge in [-0.15, -0.1) is 12.4 Å². The number of nitrogens with one attached hydrogen (secondary N) is 1.